The van der Waals surface area contributed by atoms with Gasteiger partial charge in [0, 0.05) is 11.1 Å². The third-order valence-electron chi connectivity index (χ3n) is 0.976. The molecule has 0 unspecified atom stereocenters. The molecule has 4 heteroatoms. The smallest absolute Gasteiger partial charge is 0.126 e. The third-order valence-corrected chi connectivity index (χ3v) is 1.19. The number of benzene rings is 1. The molecule has 0 saturated heterocycles. The van der Waals surface area contributed by atoms with Crippen LogP contribution in [0.3, 0.4) is 0 Å². The van der Waals surface area contributed by atoms with E-state index in [9.17, 15) is 4.39 Å². The van der Waals surface area contributed by atoms with Crippen LogP contribution in [0.25, 0.3) is 0 Å². The van der Waals surface area contributed by atoms with Gasteiger partial charge in [0.1, 0.15) is 5.82 Å². The van der Waals surface area contributed by atoms with Crippen LogP contribution in [0.2, 0.25) is 5.02 Å². The van der Waals surface area contributed by atoms with E-state index < -0.39 is 5.82 Å². The molecule has 0 aliphatic carbocycles. The van der Waals surface area contributed by atoms with Crippen molar-refractivity contribution in [2.24, 2.45) is 5.11 Å². The Balaban J connectivity index is 3.18. The summed E-state index contributed by atoms with van der Waals surface area (Å²) in [5, 5.41) is 3.27. The Morgan fingerprint density at radius 1 is 1.40 bits per heavy atom. The number of hydrogen-bond acceptors (Lipinski definition) is 2. The van der Waals surface area contributed by atoms with Crippen molar-refractivity contribution in [3.63, 3.8) is 0 Å². The minimum absolute atomic E-state index is 0.227. The van der Waals surface area contributed by atoms with E-state index in [4.69, 9.17) is 17.1 Å². The molecule has 0 aromatic heterocycles. The van der Waals surface area contributed by atoms with E-state index in [2.05, 4.69) is 5.11 Å². The Labute approximate surface area is 62.1 Å². The maximum Gasteiger partial charge on any atom is 0.126 e. The molecule has 1 rings (SSSR count). The molecular formula is C6H4ClFN2. The number of nitrogens with zero attached hydrogens (tertiary/aromatic N) is 1. The van der Waals surface area contributed by atoms with Crippen molar-refractivity contribution >= 4 is 17.3 Å². The van der Waals surface area contributed by atoms with E-state index in [0.717, 1.165) is 12.1 Å². The van der Waals surface area contributed by atoms with Crippen LogP contribution in [0.5, 0.6) is 0 Å². The average molecular weight is 159 g/mol. The molecule has 1 aromatic carbocycles. The summed E-state index contributed by atoms with van der Waals surface area (Å²) in [6.07, 6.45) is 0. The molecule has 0 atom stereocenters. The summed E-state index contributed by atoms with van der Waals surface area (Å²) < 4.78 is 12.4. The zero-order valence-electron chi connectivity index (χ0n) is 4.94. The lowest BCUT2D eigenvalue weighted by atomic mass is 10.3. The topological polar surface area (TPSA) is 36.2 Å². The highest BCUT2D eigenvalue weighted by atomic mass is 35.5. The van der Waals surface area contributed by atoms with Gasteiger partial charge >= 0.3 is 0 Å². The number of rotatable bonds is 1. The van der Waals surface area contributed by atoms with Gasteiger partial charge in [-0.25, -0.2) is 9.92 Å². The van der Waals surface area contributed by atoms with Crippen LogP contribution in [-0.4, -0.2) is 0 Å². The summed E-state index contributed by atoms with van der Waals surface area (Å²) in [5.74, 6) is -0.474. The molecule has 52 valence electrons. The highest BCUT2D eigenvalue weighted by Gasteiger charge is 1.95. The molecule has 0 heterocycles. The van der Waals surface area contributed by atoms with Gasteiger partial charge in [-0.1, -0.05) is 11.6 Å². The first kappa shape index (κ1) is 7.15. The molecule has 0 fully saturated rings. The van der Waals surface area contributed by atoms with E-state index in [1.807, 2.05) is 0 Å². The second-order valence-corrected chi connectivity index (χ2v) is 2.18. The average Bonchev–Trinajstić information content (AvgIpc) is 1.85. The quantitative estimate of drug-likeness (QED) is 0.610. The Morgan fingerprint density at radius 2 is 2.10 bits per heavy atom. The van der Waals surface area contributed by atoms with Gasteiger partial charge in [0.2, 0.25) is 0 Å². The van der Waals surface area contributed by atoms with E-state index in [1.165, 1.54) is 6.07 Å². The summed E-state index contributed by atoms with van der Waals surface area (Å²) in [4.78, 5) is 0. The third kappa shape index (κ3) is 1.51. The second-order valence-electron chi connectivity index (χ2n) is 1.74. The lowest BCUT2D eigenvalue weighted by Gasteiger charge is -1.92. The molecule has 0 bridgehead atoms. The molecule has 0 amide bonds. The second kappa shape index (κ2) is 2.75. The molecule has 1 N–H and O–H groups in total. The maximum atomic E-state index is 12.4. The van der Waals surface area contributed by atoms with Crippen LogP contribution in [0.4, 0.5) is 10.1 Å². The van der Waals surface area contributed by atoms with Crippen LogP contribution in [-0.2, 0) is 0 Å². The lowest BCUT2D eigenvalue weighted by Crippen LogP contribution is -1.71. The van der Waals surface area contributed by atoms with Gasteiger partial charge in [-0.3, -0.25) is 0 Å². The highest BCUT2D eigenvalue weighted by molar-refractivity contribution is 6.30. The largest absolute Gasteiger partial charge is 0.207 e. The molecule has 1 aromatic rings. The molecular weight excluding hydrogens is 155 g/mol. The highest BCUT2D eigenvalue weighted by Crippen LogP contribution is 2.19. The Morgan fingerprint density at radius 3 is 2.60 bits per heavy atom. The molecule has 0 spiro atoms. The van der Waals surface area contributed by atoms with Crippen LogP contribution < -0.4 is 0 Å². The van der Waals surface area contributed by atoms with Crippen LogP contribution >= 0.6 is 11.6 Å². The molecule has 0 aliphatic rings. The van der Waals surface area contributed by atoms with Crippen molar-refractivity contribution in [2.45, 2.75) is 0 Å². The van der Waals surface area contributed by atoms with E-state index >= 15 is 0 Å². The Hall–Kier alpha value is -0.960. The maximum absolute atomic E-state index is 12.4. The Kier molecular flexibility index (Phi) is 1.97. The summed E-state index contributed by atoms with van der Waals surface area (Å²) in [6, 6.07) is 3.72. The van der Waals surface area contributed by atoms with Gasteiger partial charge in [-0.05, 0) is 12.1 Å². The number of nitrogens with one attached hydrogen (secondary N) is 1. The monoisotopic (exact) mass is 158 g/mol. The fraction of sp³-hybridized carbons (Fsp3) is 0. The van der Waals surface area contributed by atoms with Crippen molar-refractivity contribution in [1.29, 1.82) is 5.53 Å². The zero-order valence-corrected chi connectivity index (χ0v) is 5.69. The van der Waals surface area contributed by atoms with Crippen LogP contribution in [0.1, 0.15) is 0 Å². The normalized spacial score (nSPS) is 9.40. The van der Waals surface area contributed by atoms with Crippen molar-refractivity contribution in [3.8, 4) is 0 Å². The van der Waals surface area contributed by atoms with Gasteiger partial charge in [0.05, 0.1) is 5.69 Å². The van der Waals surface area contributed by atoms with Crippen molar-refractivity contribution in [2.75, 3.05) is 0 Å². The van der Waals surface area contributed by atoms with E-state index in [-0.39, 0.29) is 10.7 Å². The molecule has 0 aliphatic heterocycles. The van der Waals surface area contributed by atoms with Gasteiger partial charge in [0.25, 0.3) is 0 Å². The lowest BCUT2D eigenvalue weighted by molar-refractivity contribution is 0.628. The molecule has 0 radical (unpaired) electrons. The molecule has 0 saturated carbocycles. The van der Waals surface area contributed by atoms with Crippen LogP contribution in [0.15, 0.2) is 23.3 Å². The summed E-state index contributed by atoms with van der Waals surface area (Å²) in [6.45, 7) is 0. The first-order valence-electron chi connectivity index (χ1n) is 2.56. The standard InChI is InChI=1S/C6H4ClFN2/c7-4-1-5(8)3-6(2-4)10-9/h1-3,9H. The molecule has 10 heavy (non-hydrogen) atoms. The predicted molar refractivity (Wildman–Crippen MR) is 36.2 cm³/mol. The first-order chi connectivity index (χ1) is 4.72. The van der Waals surface area contributed by atoms with E-state index in [0.29, 0.717) is 0 Å². The Bertz CT molecular complexity index is 242. The minimum atomic E-state index is -0.474. The SMILES string of the molecule is N=Nc1cc(F)cc(Cl)c1. The van der Waals surface area contributed by atoms with Crippen LogP contribution in [0, 0.1) is 11.3 Å². The summed E-state index contributed by atoms with van der Waals surface area (Å²) >= 11 is 5.45. The fourth-order valence-corrected chi connectivity index (χ4v) is 0.820. The van der Waals surface area contributed by atoms with Gasteiger partial charge in [-0.15, -0.1) is 0 Å². The minimum Gasteiger partial charge on any atom is -0.207 e. The first-order valence-corrected chi connectivity index (χ1v) is 2.94. The van der Waals surface area contributed by atoms with Gasteiger partial charge in [-0.2, -0.15) is 5.11 Å². The van der Waals surface area contributed by atoms with Crippen molar-refractivity contribution in [1.82, 2.24) is 0 Å². The summed E-state index contributed by atoms with van der Waals surface area (Å²) in [5.41, 5.74) is 6.76. The summed E-state index contributed by atoms with van der Waals surface area (Å²) in [7, 11) is 0. The van der Waals surface area contributed by atoms with Crippen molar-refractivity contribution < 1.29 is 4.39 Å². The van der Waals surface area contributed by atoms with Gasteiger partial charge in [0.15, 0.2) is 0 Å². The zero-order chi connectivity index (χ0) is 7.56. The fourth-order valence-electron chi connectivity index (χ4n) is 0.604. The van der Waals surface area contributed by atoms with Crippen molar-refractivity contribution in [3.05, 3.63) is 29.0 Å². The number of hydrogen-bond donors (Lipinski definition) is 1. The van der Waals surface area contributed by atoms with E-state index in [1.54, 1.807) is 0 Å². The molecule has 2 nitrogen and oxygen atoms in total. The predicted octanol–water partition coefficient (Wildman–Crippen LogP) is 3.14. The van der Waals surface area contributed by atoms with Gasteiger partial charge < -0.3 is 0 Å². The number of halogens is 2.